The highest BCUT2D eigenvalue weighted by molar-refractivity contribution is 7.88. The number of hydrogen-bond acceptors (Lipinski definition) is 2. The van der Waals surface area contributed by atoms with Gasteiger partial charge in [0.1, 0.15) is 5.82 Å². The quantitative estimate of drug-likeness (QED) is 0.846. The van der Waals surface area contributed by atoms with E-state index in [0.29, 0.717) is 24.6 Å². The van der Waals surface area contributed by atoms with E-state index in [1.54, 1.807) is 12.1 Å². The minimum atomic E-state index is -3.31. The predicted molar refractivity (Wildman–Crippen MR) is 69.0 cm³/mol. The zero-order chi connectivity index (χ0) is 13.2. The lowest BCUT2D eigenvalue weighted by molar-refractivity contribution is 0.287. The fraction of sp³-hybridized carbons (Fsp3) is 0.538. The van der Waals surface area contributed by atoms with Crippen molar-refractivity contribution in [3.05, 3.63) is 35.6 Å². The predicted octanol–water partition coefficient (Wildman–Crippen LogP) is 2.39. The van der Waals surface area contributed by atoms with Gasteiger partial charge in [-0.2, -0.15) is 0 Å². The summed E-state index contributed by atoms with van der Waals surface area (Å²) in [7, 11) is -3.31. The van der Waals surface area contributed by atoms with Gasteiger partial charge < -0.3 is 0 Å². The summed E-state index contributed by atoms with van der Waals surface area (Å²) in [5.41, 5.74) is 0.508. The van der Waals surface area contributed by atoms with E-state index in [1.165, 1.54) is 16.4 Å². The van der Waals surface area contributed by atoms with E-state index in [-0.39, 0.29) is 5.75 Å². The maximum absolute atomic E-state index is 13.0. The normalized spacial score (nSPS) is 19.0. The van der Waals surface area contributed by atoms with Crippen molar-refractivity contribution in [3.63, 3.8) is 0 Å². The van der Waals surface area contributed by atoms with Gasteiger partial charge in [-0.05, 0) is 36.5 Å². The average Bonchev–Trinajstić information content (AvgIpc) is 2.29. The molecule has 1 fully saturated rings. The molecule has 0 saturated carbocycles. The van der Waals surface area contributed by atoms with Gasteiger partial charge in [0, 0.05) is 13.1 Å². The van der Waals surface area contributed by atoms with E-state index >= 15 is 0 Å². The van der Waals surface area contributed by atoms with Gasteiger partial charge in [-0.3, -0.25) is 0 Å². The lowest BCUT2D eigenvalue weighted by Gasteiger charge is -2.29. The molecule has 1 saturated heterocycles. The van der Waals surface area contributed by atoms with Crippen LogP contribution in [0, 0.1) is 11.7 Å². The second-order valence-corrected chi connectivity index (χ2v) is 6.94. The molecule has 0 atom stereocenters. The molecule has 0 bridgehead atoms. The molecule has 1 aliphatic rings. The SMILES string of the molecule is CC1CCN(S(=O)(=O)Cc2cccc(F)c2)CC1. The molecule has 100 valence electrons. The Hall–Kier alpha value is -0.940. The van der Waals surface area contributed by atoms with E-state index < -0.39 is 15.8 Å². The lowest BCUT2D eigenvalue weighted by Crippen LogP contribution is -2.38. The van der Waals surface area contributed by atoms with E-state index in [2.05, 4.69) is 6.92 Å². The Bertz CT molecular complexity index is 507. The van der Waals surface area contributed by atoms with Crippen LogP contribution in [0.1, 0.15) is 25.3 Å². The highest BCUT2D eigenvalue weighted by Crippen LogP contribution is 2.21. The summed E-state index contributed by atoms with van der Waals surface area (Å²) in [6.45, 7) is 3.30. The first-order valence-electron chi connectivity index (χ1n) is 6.19. The molecule has 0 aliphatic carbocycles. The van der Waals surface area contributed by atoms with Gasteiger partial charge in [0.25, 0.3) is 0 Å². The minimum absolute atomic E-state index is 0.112. The maximum Gasteiger partial charge on any atom is 0.218 e. The van der Waals surface area contributed by atoms with E-state index in [1.807, 2.05) is 0 Å². The van der Waals surface area contributed by atoms with Crippen molar-refractivity contribution < 1.29 is 12.8 Å². The van der Waals surface area contributed by atoms with Crippen molar-refractivity contribution in [1.29, 1.82) is 0 Å². The summed E-state index contributed by atoms with van der Waals surface area (Å²) in [6.07, 6.45) is 1.81. The molecule has 1 aromatic carbocycles. The summed E-state index contributed by atoms with van der Waals surface area (Å²) in [6, 6.07) is 5.79. The number of sulfonamides is 1. The molecule has 0 radical (unpaired) electrons. The van der Waals surface area contributed by atoms with E-state index in [4.69, 9.17) is 0 Å². The molecular weight excluding hydrogens is 253 g/mol. The van der Waals surface area contributed by atoms with Crippen LogP contribution in [0.5, 0.6) is 0 Å². The molecule has 3 nitrogen and oxygen atoms in total. The molecule has 5 heteroatoms. The number of benzene rings is 1. The van der Waals surface area contributed by atoms with Gasteiger partial charge in [-0.15, -0.1) is 0 Å². The number of nitrogens with zero attached hydrogens (tertiary/aromatic N) is 1. The number of rotatable bonds is 3. The van der Waals surface area contributed by atoms with Crippen molar-refractivity contribution in [2.75, 3.05) is 13.1 Å². The minimum Gasteiger partial charge on any atom is -0.212 e. The maximum atomic E-state index is 13.0. The fourth-order valence-corrected chi connectivity index (χ4v) is 3.74. The third kappa shape index (κ3) is 3.29. The van der Waals surface area contributed by atoms with Gasteiger partial charge in [0.2, 0.25) is 10.0 Å². The Kier molecular flexibility index (Phi) is 4.02. The summed E-state index contributed by atoms with van der Waals surface area (Å²) in [5, 5.41) is 0. The largest absolute Gasteiger partial charge is 0.218 e. The molecule has 1 heterocycles. The topological polar surface area (TPSA) is 37.4 Å². The van der Waals surface area contributed by atoms with Gasteiger partial charge in [0.05, 0.1) is 5.75 Å². The molecule has 0 aromatic heterocycles. The Balaban J connectivity index is 2.08. The van der Waals surface area contributed by atoms with Crippen molar-refractivity contribution in [1.82, 2.24) is 4.31 Å². The Morgan fingerprint density at radius 3 is 2.61 bits per heavy atom. The fourth-order valence-electron chi connectivity index (χ4n) is 2.19. The number of piperidine rings is 1. The van der Waals surface area contributed by atoms with Crippen LogP contribution in [0.15, 0.2) is 24.3 Å². The highest BCUT2D eigenvalue weighted by atomic mass is 32.2. The first-order valence-corrected chi connectivity index (χ1v) is 7.80. The lowest BCUT2D eigenvalue weighted by atomic mass is 10.0. The van der Waals surface area contributed by atoms with Crippen molar-refractivity contribution >= 4 is 10.0 Å². The van der Waals surface area contributed by atoms with Crippen LogP contribution in [-0.4, -0.2) is 25.8 Å². The van der Waals surface area contributed by atoms with Crippen LogP contribution in [0.2, 0.25) is 0 Å². The van der Waals surface area contributed by atoms with Crippen LogP contribution in [-0.2, 0) is 15.8 Å². The summed E-state index contributed by atoms with van der Waals surface area (Å²) >= 11 is 0. The molecule has 0 amide bonds. The van der Waals surface area contributed by atoms with Crippen molar-refractivity contribution in [3.8, 4) is 0 Å². The second kappa shape index (κ2) is 5.36. The zero-order valence-corrected chi connectivity index (χ0v) is 11.3. The first-order chi connectivity index (χ1) is 8.47. The van der Waals surface area contributed by atoms with Crippen LogP contribution in [0.25, 0.3) is 0 Å². The molecule has 1 aromatic rings. The third-order valence-corrected chi connectivity index (χ3v) is 5.22. The van der Waals surface area contributed by atoms with Crippen molar-refractivity contribution in [2.45, 2.75) is 25.5 Å². The number of halogens is 1. The molecule has 0 unspecified atom stereocenters. The molecular formula is C13H18FNO2S. The van der Waals surface area contributed by atoms with Gasteiger partial charge in [-0.25, -0.2) is 17.1 Å². The van der Waals surface area contributed by atoms with Crippen LogP contribution in [0.4, 0.5) is 4.39 Å². The van der Waals surface area contributed by atoms with E-state index in [9.17, 15) is 12.8 Å². The Morgan fingerprint density at radius 1 is 1.33 bits per heavy atom. The number of hydrogen-bond donors (Lipinski definition) is 0. The smallest absolute Gasteiger partial charge is 0.212 e. The highest BCUT2D eigenvalue weighted by Gasteiger charge is 2.26. The molecule has 0 N–H and O–H groups in total. The average molecular weight is 271 g/mol. The molecule has 0 spiro atoms. The molecule has 18 heavy (non-hydrogen) atoms. The molecule has 1 aliphatic heterocycles. The van der Waals surface area contributed by atoms with Gasteiger partial charge in [-0.1, -0.05) is 19.1 Å². The van der Waals surface area contributed by atoms with Crippen LogP contribution < -0.4 is 0 Å². The Morgan fingerprint density at radius 2 is 2.00 bits per heavy atom. The van der Waals surface area contributed by atoms with Gasteiger partial charge >= 0.3 is 0 Å². The van der Waals surface area contributed by atoms with Gasteiger partial charge in [0.15, 0.2) is 0 Å². The Labute approximate surface area is 108 Å². The second-order valence-electron chi connectivity index (χ2n) is 4.97. The van der Waals surface area contributed by atoms with E-state index in [0.717, 1.165) is 12.8 Å². The third-order valence-electron chi connectivity index (χ3n) is 3.37. The van der Waals surface area contributed by atoms with Crippen LogP contribution >= 0.6 is 0 Å². The summed E-state index contributed by atoms with van der Waals surface area (Å²) in [5.74, 6) is 0.0830. The monoisotopic (exact) mass is 271 g/mol. The zero-order valence-electron chi connectivity index (χ0n) is 10.5. The first kappa shape index (κ1) is 13.5. The van der Waals surface area contributed by atoms with Crippen molar-refractivity contribution in [2.24, 2.45) is 5.92 Å². The molecule has 2 rings (SSSR count). The standard InChI is InChI=1S/C13H18FNO2S/c1-11-5-7-15(8-6-11)18(16,17)10-12-3-2-4-13(14)9-12/h2-4,9,11H,5-8,10H2,1H3. The summed E-state index contributed by atoms with van der Waals surface area (Å²) < 4.78 is 38.9. The van der Waals surface area contributed by atoms with Crippen LogP contribution in [0.3, 0.4) is 0 Å². The summed E-state index contributed by atoms with van der Waals surface area (Å²) in [4.78, 5) is 0.